The molecule has 1 aliphatic rings. The number of hydrogen-bond donors (Lipinski definition) is 0. The molecule has 3 heteroatoms. The zero-order chi connectivity index (χ0) is 24.2. The average molecular weight is 451 g/mol. The van der Waals surface area contributed by atoms with Crippen LogP contribution in [0.5, 0.6) is 11.5 Å². The molecule has 0 spiro atoms. The number of hydrogen-bond acceptors (Lipinski definition) is 3. The second kappa shape index (κ2) is 10.3. The van der Waals surface area contributed by atoms with E-state index in [1.54, 1.807) is 0 Å². The molecular formula is C30H42O3. The van der Waals surface area contributed by atoms with E-state index in [0.717, 1.165) is 41.2 Å². The fourth-order valence-electron chi connectivity index (χ4n) is 4.40. The lowest BCUT2D eigenvalue weighted by Gasteiger charge is -2.27. The molecule has 2 aromatic rings. The summed E-state index contributed by atoms with van der Waals surface area (Å²) in [6.07, 6.45) is 7.50. The van der Waals surface area contributed by atoms with Gasteiger partial charge in [0.15, 0.2) is 0 Å². The highest BCUT2D eigenvalue weighted by Gasteiger charge is 2.39. The number of benzene rings is 2. The normalized spacial score (nSPS) is 16.0. The van der Waals surface area contributed by atoms with E-state index in [-0.39, 0.29) is 16.8 Å². The first-order chi connectivity index (χ1) is 15.5. The lowest BCUT2D eigenvalue weighted by Crippen LogP contribution is -2.17. The summed E-state index contributed by atoms with van der Waals surface area (Å²) in [4.78, 5) is 13.0. The molecule has 0 N–H and O–H groups in total. The second-order valence-corrected chi connectivity index (χ2v) is 11.5. The van der Waals surface area contributed by atoms with Crippen molar-refractivity contribution in [2.75, 3.05) is 6.61 Å². The van der Waals surface area contributed by atoms with Crippen molar-refractivity contribution in [2.45, 2.75) is 104 Å². The van der Waals surface area contributed by atoms with Crippen LogP contribution >= 0.6 is 0 Å². The Balaban J connectivity index is 1.78. The van der Waals surface area contributed by atoms with Crippen molar-refractivity contribution in [3.05, 3.63) is 58.7 Å². The molecule has 0 aliphatic carbocycles. The van der Waals surface area contributed by atoms with Crippen LogP contribution in [0.3, 0.4) is 0 Å². The third kappa shape index (κ3) is 6.19. The summed E-state index contributed by atoms with van der Waals surface area (Å²) in [5.41, 5.74) is 4.14. The summed E-state index contributed by atoms with van der Waals surface area (Å²) in [5.74, 6) is 1.02. The Hall–Kier alpha value is -2.29. The number of fused-ring (bicyclic) bond motifs is 1. The molecule has 0 saturated carbocycles. The van der Waals surface area contributed by atoms with Crippen LogP contribution < -0.4 is 9.47 Å². The fraction of sp³-hybridized carbons (Fsp3) is 0.567. The second-order valence-electron chi connectivity index (χ2n) is 11.5. The Morgan fingerprint density at radius 1 is 0.848 bits per heavy atom. The van der Waals surface area contributed by atoms with Gasteiger partial charge >= 0.3 is 5.97 Å². The van der Waals surface area contributed by atoms with Crippen LogP contribution in [0.1, 0.15) is 115 Å². The maximum atomic E-state index is 13.0. The molecule has 3 rings (SSSR count). The highest BCUT2D eigenvalue weighted by molar-refractivity contribution is 5.90. The van der Waals surface area contributed by atoms with Crippen LogP contribution in [0, 0.1) is 0 Å². The Bertz CT molecular complexity index is 942. The number of ether oxygens (including phenoxy) is 2. The first-order valence-electron chi connectivity index (χ1n) is 12.7. The molecule has 0 aromatic heterocycles. The summed E-state index contributed by atoms with van der Waals surface area (Å²) in [6, 6.07) is 12.4. The first kappa shape index (κ1) is 25.3. The van der Waals surface area contributed by atoms with Gasteiger partial charge in [-0.2, -0.15) is 0 Å². The van der Waals surface area contributed by atoms with Crippen LogP contribution in [0.25, 0.3) is 0 Å². The summed E-state index contributed by atoms with van der Waals surface area (Å²) in [5, 5.41) is 0. The van der Waals surface area contributed by atoms with Crippen LogP contribution in [0.15, 0.2) is 36.4 Å². The Labute approximate surface area is 200 Å². The van der Waals surface area contributed by atoms with Gasteiger partial charge in [-0.25, -0.2) is 0 Å². The predicted molar refractivity (Wildman–Crippen MR) is 137 cm³/mol. The van der Waals surface area contributed by atoms with E-state index in [1.165, 1.54) is 37.7 Å². The van der Waals surface area contributed by atoms with Crippen molar-refractivity contribution in [1.29, 1.82) is 0 Å². The number of esters is 1. The largest absolute Gasteiger partial charge is 0.494 e. The van der Waals surface area contributed by atoms with Gasteiger partial charge in [0.2, 0.25) is 0 Å². The molecule has 0 fully saturated rings. The van der Waals surface area contributed by atoms with Gasteiger partial charge < -0.3 is 9.47 Å². The highest BCUT2D eigenvalue weighted by Crippen LogP contribution is 2.47. The van der Waals surface area contributed by atoms with E-state index in [9.17, 15) is 4.79 Å². The first-order valence-corrected chi connectivity index (χ1v) is 12.7. The number of carbonyl (C=O) groups is 1. The van der Waals surface area contributed by atoms with Gasteiger partial charge in [-0.15, -0.1) is 0 Å². The minimum absolute atomic E-state index is 0.0144. The van der Waals surface area contributed by atoms with Crippen molar-refractivity contribution >= 4 is 5.97 Å². The van der Waals surface area contributed by atoms with Gasteiger partial charge in [0.25, 0.3) is 0 Å². The molecule has 180 valence electrons. The van der Waals surface area contributed by atoms with Gasteiger partial charge in [-0.3, -0.25) is 4.79 Å². The lowest BCUT2D eigenvalue weighted by atomic mass is 9.77. The van der Waals surface area contributed by atoms with Crippen molar-refractivity contribution in [3.63, 3.8) is 0 Å². The monoisotopic (exact) mass is 450 g/mol. The smallest absolute Gasteiger partial charge is 0.323 e. The van der Waals surface area contributed by atoms with Gasteiger partial charge in [0, 0.05) is 11.1 Å². The minimum atomic E-state index is -0.393. The van der Waals surface area contributed by atoms with E-state index >= 15 is 0 Å². The molecular weight excluding hydrogens is 408 g/mol. The zero-order valence-electron chi connectivity index (χ0n) is 21.7. The van der Waals surface area contributed by atoms with E-state index in [1.807, 2.05) is 24.3 Å². The summed E-state index contributed by atoms with van der Waals surface area (Å²) in [7, 11) is 0. The van der Waals surface area contributed by atoms with Gasteiger partial charge in [0.05, 0.1) is 6.61 Å². The molecule has 1 unspecified atom stereocenters. The SMILES string of the molecule is CCCCCCCCOc1ccc(C2C(=O)Oc3c2cc(C(C)(C)C)cc3C(C)(C)C)cc1. The molecule has 3 nitrogen and oxygen atoms in total. The number of rotatable bonds is 9. The maximum absolute atomic E-state index is 13.0. The highest BCUT2D eigenvalue weighted by atomic mass is 16.5. The quantitative estimate of drug-likeness (QED) is 0.220. The van der Waals surface area contributed by atoms with E-state index in [0.29, 0.717) is 0 Å². The van der Waals surface area contributed by atoms with Crippen molar-refractivity contribution in [3.8, 4) is 11.5 Å². The number of carbonyl (C=O) groups excluding carboxylic acids is 1. The van der Waals surface area contributed by atoms with Gasteiger partial charge in [0.1, 0.15) is 17.4 Å². The average Bonchev–Trinajstić information content (AvgIpc) is 3.07. The lowest BCUT2D eigenvalue weighted by molar-refractivity contribution is -0.133. The Morgan fingerprint density at radius 3 is 2.09 bits per heavy atom. The molecule has 0 saturated heterocycles. The van der Waals surface area contributed by atoms with E-state index in [2.05, 4.69) is 60.6 Å². The van der Waals surface area contributed by atoms with Crippen LogP contribution in [0.2, 0.25) is 0 Å². The summed E-state index contributed by atoms with van der Waals surface area (Å²) >= 11 is 0. The summed E-state index contributed by atoms with van der Waals surface area (Å²) < 4.78 is 11.8. The molecule has 0 bridgehead atoms. The zero-order valence-corrected chi connectivity index (χ0v) is 21.7. The van der Waals surface area contributed by atoms with Crippen molar-refractivity contribution in [1.82, 2.24) is 0 Å². The molecule has 33 heavy (non-hydrogen) atoms. The van der Waals surface area contributed by atoms with E-state index < -0.39 is 5.92 Å². The Kier molecular flexibility index (Phi) is 7.92. The van der Waals surface area contributed by atoms with Crippen LogP contribution in [-0.4, -0.2) is 12.6 Å². The Morgan fingerprint density at radius 2 is 1.48 bits per heavy atom. The molecule has 1 aliphatic heterocycles. The molecule has 2 aromatic carbocycles. The minimum Gasteiger partial charge on any atom is -0.494 e. The number of unbranched alkanes of at least 4 members (excludes halogenated alkanes) is 5. The topological polar surface area (TPSA) is 35.5 Å². The molecule has 0 radical (unpaired) electrons. The van der Waals surface area contributed by atoms with Gasteiger partial charge in [-0.05, 0) is 40.5 Å². The van der Waals surface area contributed by atoms with Crippen LogP contribution in [0.4, 0.5) is 0 Å². The van der Waals surface area contributed by atoms with Crippen LogP contribution in [-0.2, 0) is 15.6 Å². The molecule has 1 atom stereocenters. The van der Waals surface area contributed by atoms with Gasteiger partial charge in [-0.1, -0.05) is 105 Å². The third-order valence-electron chi connectivity index (χ3n) is 6.52. The molecule has 1 heterocycles. The summed E-state index contributed by atoms with van der Waals surface area (Å²) in [6.45, 7) is 16.1. The standard InChI is InChI=1S/C30H42O3/c1-8-9-10-11-12-13-18-32-23-16-14-21(15-17-23)26-24-19-22(29(2,3)4)20-25(30(5,6)7)27(24)33-28(26)31/h14-17,19-20,26H,8-13,18H2,1-7H3. The third-order valence-corrected chi connectivity index (χ3v) is 6.52. The maximum Gasteiger partial charge on any atom is 0.323 e. The van der Waals surface area contributed by atoms with Crippen molar-refractivity contribution in [2.24, 2.45) is 0 Å². The molecule has 0 amide bonds. The fourth-order valence-corrected chi connectivity index (χ4v) is 4.40. The van der Waals surface area contributed by atoms with E-state index in [4.69, 9.17) is 9.47 Å². The van der Waals surface area contributed by atoms with Crippen molar-refractivity contribution < 1.29 is 14.3 Å². The predicted octanol–water partition coefficient (Wildman–Crippen LogP) is 8.07.